The Morgan fingerprint density at radius 3 is 2.25 bits per heavy atom. The van der Waals surface area contributed by atoms with Crippen LogP contribution in [0.3, 0.4) is 0 Å². The number of amides is 2. The fourth-order valence-corrected chi connectivity index (χ4v) is 3.05. The Balaban J connectivity index is 2.65. The number of hydrogen-bond donors (Lipinski definition) is 2. The molecule has 0 aliphatic carbocycles. The van der Waals surface area contributed by atoms with Crippen LogP contribution in [0.2, 0.25) is 0 Å². The first-order chi connectivity index (χ1) is 15.1. The van der Waals surface area contributed by atoms with Gasteiger partial charge in [0.15, 0.2) is 6.10 Å². The smallest absolute Gasteiger partial charge is 0.405 e. The fraction of sp³-hybridized carbons (Fsp3) is 0.636. The number of aliphatic carboxylic acids is 1. The SMILES string of the molecule is CCOC(Cc1ccc(OCCN(CC(CC)CC)C(=O)NCC(F)(F)F)cc1)C(=O)O. The van der Waals surface area contributed by atoms with Gasteiger partial charge < -0.3 is 24.8 Å². The number of halogens is 3. The van der Waals surface area contributed by atoms with Gasteiger partial charge in [0.1, 0.15) is 18.9 Å². The number of benzene rings is 1. The van der Waals surface area contributed by atoms with Crippen molar-refractivity contribution in [2.24, 2.45) is 5.92 Å². The number of carbonyl (C=O) groups excluding carboxylic acids is 1. The van der Waals surface area contributed by atoms with E-state index >= 15 is 0 Å². The monoisotopic (exact) mass is 462 g/mol. The quantitative estimate of drug-likeness (QED) is 0.435. The summed E-state index contributed by atoms with van der Waals surface area (Å²) in [5.41, 5.74) is 0.764. The lowest BCUT2D eigenvalue weighted by atomic mass is 10.0. The Bertz CT molecular complexity index is 694. The van der Waals surface area contributed by atoms with Crippen molar-refractivity contribution in [3.05, 3.63) is 29.8 Å². The number of alkyl halides is 3. The van der Waals surface area contributed by atoms with Crippen molar-refractivity contribution >= 4 is 12.0 Å². The second-order valence-electron chi connectivity index (χ2n) is 7.38. The van der Waals surface area contributed by atoms with E-state index in [0.717, 1.165) is 18.4 Å². The first kappa shape index (κ1) is 27.5. The van der Waals surface area contributed by atoms with Gasteiger partial charge in [-0.3, -0.25) is 0 Å². The highest BCUT2D eigenvalue weighted by Gasteiger charge is 2.29. The molecule has 0 aliphatic rings. The van der Waals surface area contributed by atoms with Gasteiger partial charge >= 0.3 is 18.2 Å². The molecular formula is C22H33F3N2O5. The molecule has 1 unspecified atom stereocenters. The summed E-state index contributed by atoms with van der Waals surface area (Å²) < 4.78 is 48.2. The van der Waals surface area contributed by atoms with Crippen LogP contribution < -0.4 is 10.1 Å². The highest BCUT2D eigenvalue weighted by Crippen LogP contribution is 2.16. The molecule has 0 radical (unpaired) electrons. The zero-order valence-corrected chi connectivity index (χ0v) is 18.8. The summed E-state index contributed by atoms with van der Waals surface area (Å²) in [7, 11) is 0. The zero-order chi connectivity index (χ0) is 24.1. The maximum atomic E-state index is 12.4. The molecule has 32 heavy (non-hydrogen) atoms. The number of carboxylic acids is 1. The average Bonchev–Trinajstić information content (AvgIpc) is 2.74. The molecule has 0 aromatic heterocycles. The van der Waals surface area contributed by atoms with Gasteiger partial charge in [-0.1, -0.05) is 38.8 Å². The number of carboxylic acid groups (broad SMARTS) is 1. The van der Waals surface area contributed by atoms with E-state index in [9.17, 15) is 22.8 Å². The number of rotatable bonds is 14. The number of urea groups is 1. The van der Waals surface area contributed by atoms with Crippen LogP contribution >= 0.6 is 0 Å². The Kier molecular flexibility index (Phi) is 11.9. The first-order valence-corrected chi connectivity index (χ1v) is 10.7. The Morgan fingerprint density at radius 1 is 1.12 bits per heavy atom. The predicted octanol–water partition coefficient (Wildman–Crippen LogP) is 4.11. The molecule has 0 aliphatic heterocycles. The molecule has 0 fully saturated rings. The minimum absolute atomic E-state index is 0.107. The maximum absolute atomic E-state index is 12.4. The van der Waals surface area contributed by atoms with Crippen molar-refractivity contribution in [1.29, 1.82) is 0 Å². The van der Waals surface area contributed by atoms with Crippen molar-refractivity contribution in [2.45, 2.75) is 52.3 Å². The lowest BCUT2D eigenvalue weighted by Crippen LogP contribution is -2.46. The molecule has 7 nitrogen and oxygen atoms in total. The molecular weight excluding hydrogens is 429 g/mol. The van der Waals surface area contributed by atoms with Gasteiger partial charge in [0.05, 0.1) is 6.54 Å². The maximum Gasteiger partial charge on any atom is 0.405 e. The molecule has 2 N–H and O–H groups in total. The highest BCUT2D eigenvalue weighted by atomic mass is 19.4. The lowest BCUT2D eigenvalue weighted by Gasteiger charge is -2.27. The summed E-state index contributed by atoms with van der Waals surface area (Å²) in [5.74, 6) is -0.345. The van der Waals surface area contributed by atoms with Crippen LogP contribution in [0.1, 0.15) is 39.2 Å². The molecule has 1 aromatic rings. The van der Waals surface area contributed by atoms with Crippen molar-refractivity contribution < 1.29 is 37.3 Å². The molecule has 0 heterocycles. The summed E-state index contributed by atoms with van der Waals surface area (Å²) in [6, 6.07) is 6.03. The third kappa shape index (κ3) is 10.7. The summed E-state index contributed by atoms with van der Waals surface area (Å²) in [6.07, 6.45) is -3.58. The van der Waals surface area contributed by atoms with E-state index in [0.29, 0.717) is 18.9 Å². The standard InChI is InChI=1S/C22H33F3N2O5/c1-4-16(5-2)14-27(21(30)26-15-22(23,24)25)11-12-32-18-9-7-17(8-10-18)13-19(20(28)29)31-6-3/h7-10,16,19H,4-6,11-15H2,1-3H3,(H,26,30)(H,28,29). The molecule has 0 saturated carbocycles. The van der Waals surface area contributed by atoms with E-state index < -0.39 is 30.8 Å². The number of nitrogens with zero attached hydrogens (tertiary/aromatic N) is 1. The largest absolute Gasteiger partial charge is 0.492 e. The molecule has 1 rings (SSSR count). The number of hydrogen-bond acceptors (Lipinski definition) is 4. The van der Waals surface area contributed by atoms with Crippen molar-refractivity contribution in [2.75, 3.05) is 32.8 Å². The molecule has 1 atom stereocenters. The summed E-state index contributed by atoms with van der Waals surface area (Å²) in [6.45, 7) is 5.16. The van der Waals surface area contributed by atoms with Crippen molar-refractivity contribution in [3.8, 4) is 5.75 Å². The van der Waals surface area contributed by atoms with E-state index in [1.54, 1.807) is 31.2 Å². The van der Waals surface area contributed by atoms with E-state index in [-0.39, 0.29) is 25.5 Å². The van der Waals surface area contributed by atoms with Gasteiger partial charge in [-0.15, -0.1) is 0 Å². The molecule has 1 aromatic carbocycles. The summed E-state index contributed by atoms with van der Waals surface area (Å²) in [4.78, 5) is 24.8. The highest BCUT2D eigenvalue weighted by molar-refractivity contribution is 5.74. The van der Waals surface area contributed by atoms with Gasteiger partial charge in [-0.2, -0.15) is 13.2 Å². The minimum Gasteiger partial charge on any atom is -0.492 e. The Labute approximate surface area is 186 Å². The van der Waals surface area contributed by atoms with Crippen molar-refractivity contribution in [1.82, 2.24) is 10.2 Å². The van der Waals surface area contributed by atoms with Crippen LogP contribution in [-0.4, -0.2) is 67.1 Å². The lowest BCUT2D eigenvalue weighted by molar-refractivity contribution is -0.150. The normalized spacial score (nSPS) is 12.5. The molecule has 0 saturated heterocycles. The van der Waals surface area contributed by atoms with Crippen LogP contribution in [0.4, 0.5) is 18.0 Å². The molecule has 10 heteroatoms. The second-order valence-corrected chi connectivity index (χ2v) is 7.38. The van der Waals surface area contributed by atoms with Crippen LogP contribution in [0.15, 0.2) is 24.3 Å². The third-order valence-corrected chi connectivity index (χ3v) is 4.98. The van der Waals surface area contributed by atoms with Gasteiger partial charge in [0, 0.05) is 19.6 Å². The van der Waals surface area contributed by atoms with Gasteiger partial charge in [0.25, 0.3) is 0 Å². The van der Waals surface area contributed by atoms with Gasteiger partial charge in [-0.25, -0.2) is 9.59 Å². The Hall–Kier alpha value is -2.49. The van der Waals surface area contributed by atoms with Crippen LogP contribution in [0.25, 0.3) is 0 Å². The molecule has 0 spiro atoms. The molecule has 2 amide bonds. The number of carbonyl (C=O) groups is 2. The minimum atomic E-state index is -4.48. The second kappa shape index (κ2) is 13.8. The van der Waals surface area contributed by atoms with Crippen LogP contribution in [0, 0.1) is 5.92 Å². The first-order valence-electron chi connectivity index (χ1n) is 10.7. The van der Waals surface area contributed by atoms with E-state index in [4.69, 9.17) is 14.6 Å². The van der Waals surface area contributed by atoms with Crippen LogP contribution in [0.5, 0.6) is 5.75 Å². The molecule has 182 valence electrons. The zero-order valence-electron chi connectivity index (χ0n) is 18.8. The van der Waals surface area contributed by atoms with Gasteiger partial charge in [0.2, 0.25) is 0 Å². The predicted molar refractivity (Wildman–Crippen MR) is 114 cm³/mol. The van der Waals surface area contributed by atoms with Gasteiger partial charge in [-0.05, 0) is 30.5 Å². The van der Waals surface area contributed by atoms with E-state index in [1.165, 1.54) is 4.90 Å². The molecule has 0 bridgehead atoms. The Morgan fingerprint density at radius 2 is 1.75 bits per heavy atom. The van der Waals surface area contributed by atoms with Crippen LogP contribution in [-0.2, 0) is 16.0 Å². The van der Waals surface area contributed by atoms with E-state index in [1.807, 2.05) is 19.2 Å². The average molecular weight is 463 g/mol. The summed E-state index contributed by atoms with van der Waals surface area (Å²) >= 11 is 0. The topological polar surface area (TPSA) is 88.1 Å². The van der Waals surface area contributed by atoms with Crippen molar-refractivity contribution in [3.63, 3.8) is 0 Å². The number of nitrogens with one attached hydrogen (secondary N) is 1. The third-order valence-electron chi connectivity index (χ3n) is 4.98. The van der Waals surface area contributed by atoms with E-state index in [2.05, 4.69) is 0 Å². The fourth-order valence-electron chi connectivity index (χ4n) is 3.05. The number of ether oxygens (including phenoxy) is 2. The summed E-state index contributed by atoms with van der Waals surface area (Å²) in [5, 5.41) is 11.1.